The third-order valence-corrected chi connectivity index (χ3v) is 7.60. The number of nitrogens with one attached hydrogen (secondary N) is 1. The zero-order valence-corrected chi connectivity index (χ0v) is 18.2. The van der Waals surface area contributed by atoms with Gasteiger partial charge < -0.3 is 9.73 Å². The minimum Gasteiger partial charge on any atom is -0.451 e. The molecule has 1 aliphatic rings. The molecule has 0 bridgehead atoms. The molecule has 1 aromatic heterocycles. The van der Waals surface area contributed by atoms with Crippen LogP contribution in [0.5, 0.6) is 0 Å². The highest BCUT2D eigenvalue weighted by Crippen LogP contribution is 2.26. The first-order chi connectivity index (χ1) is 14.8. The van der Waals surface area contributed by atoms with Crippen LogP contribution in [0.15, 0.2) is 62.6 Å². The summed E-state index contributed by atoms with van der Waals surface area (Å²) in [7, 11) is -3.58. The number of hydrogen-bond donors (Lipinski definition) is 1. The van der Waals surface area contributed by atoms with Crippen LogP contribution in [-0.2, 0) is 10.0 Å². The van der Waals surface area contributed by atoms with Crippen LogP contribution in [0.1, 0.15) is 42.3 Å². The fraction of sp³-hybridized carbons (Fsp3) is 0.304. The van der Waals surface area contributed by atoms with Crippen LogP contribution in [0.3, 0.4) is 0 Å². The molecule has 1 saturated heterocycles. The van der Waals surface area contributed by atoms with Gasteiger partial charge in [-0.2, -0.15) is 4.31 Å². The van der Waals surface area contributed by atoms with Crippen molar-refractivity contribution in [2.24, 2.45) is 0 Å². The summed E-state index contributed by atoms with van der Waals surface area (Å²) < 4.78 is 33.0. The van der Waals surface area contributed by atoms with E-state index in [0.29, 0.717) is 23.2 Å². The second kappa shape index (κ2) is 8.28. The van der Waals surface area contributed by atoms with Crippen molar-refractivity contribution < 1.29 is 17.6 Å². The molecular weight excluding hydrogens is 416 g/mol. The largest absolute Gasteiger partial charge is 0.451 e. The Balaban J connectivity index is 1.54. The highest BCUT2D eigenvalue weighted by atomic mass is 32.2. The van der Waals surface area contributed by atoms with E-state index in [0.717, 1.165) is 30.9 Å². The Morgan fingerprint density at radius 1 is 1.10 bits per heavy atom. The summed E-state index contributed by atoms with van der Waals surface area (Å²) in [5.41, 5.74) is 1.36. The first-order valence-corrected chi connectivity index (χ1v) is 11.7. The predicted octanol–water partition coefficient (Wildman–Crippen LogP) is 3.92. The number of rotatable bonds is 4. The van der Waals surface area contributed by atoms with E-state index in [2.05, 4.69) is 5.32 Å². The number of aryl methyl sites for hydroxylation is 1. The van der Waals surface area contributed by atoms with E-state index in [1.54, 1.807) is 18.2 Å². The van der Waals surface area contributed by atoms with Crippen molar-refractivity contribution in [3.63, 3.8) is 0 Å². The molecule has 3 aromatic rings. The molecule has 4 rings (SSSR count). The van der Waals surface area contributed by atoms with Crippen LogP contribution < -0.4 is 10.7 Å². The van der Waals surface area contributed by atoms with E-state index in [1.807, 2.05) is 13.8 Å². The molecule has 0 aliphatic carbocycles. The van der Waals surface area contributed by atoms with E-state index < -0.39 is 15.9 Å². The van der Waals surface area contributed by atoms with E-state index in [9.17, 15) is 18.0 Å². The molecule has 8 heteroatoms. The van der Waals surface area contributed by atoms with Gasteiger partial charge in [0.25, 0.3) is 5.91 Å². The Kier molecular flexibility index (Phi) is 5.68. The van der Waals surface area contributed by atoms with Crippen molar-refractivity contribution in [2.75, 3.05) is 11.9 Å². The molecule has 1 aliphatic heterocycles. The topological polar surface area (TPSA) is 96.7 Å². The van der Waals surface area contributed by atoms with Gasteiger partial charge in [0.05, 0.1) is 10.3 Å². The number of hydrogen-bond acceptors (Lipinski definition) is 5. The molecule has 2 heterocycles. The van der Waals surface area contributed by atoms with Gasteiger partial charge in [-0.3, -0.25) is 9.59 Å². The quantitative estimate of drug-likeness (QED) is 0.663. The lowest BCUT2D eigenvalue weighted by molar-refractivity contribution is 0.0997. The lowest BCUT2D eigenvalue weighted by atomic mass is 10.1. The van der Waals surface area contributed by atoms with Crippen LogP contribution in [0.4, 0.5) is 5.69 Å². The molecule has 1 atom stereocenters. The molecule has 1 fully saturated rings. The fourth-order valence-electron chi connectivity index (χ4n) is 3.85. The maximum absolute atomic E-state index is 12.9. The third kappa shape index (κ3) is 4.26. The molecule has 0 spiro atoms. The van der Waals surface area contributed by atoms with Gasteiger partial charge in [-0.1, -0.05) is 18.1 Å². The van der Waals surface area contributed by atoms with E-state index in [1.165, 1.54) is 28.6 Å². The Morgan fingerprint density at radius 2 is 1.84 bits per heavy atom. The molecule has 31 heavy (non-hydrogen) atoms. The van der Waals surface area contributed by atoms with Crippen LogP contribution in [0.2, 0.25) is 0 Å². The third-order valence-electron chi connectivity index (χ3n) is 5.57. The monoisotopic (exact) mass is 440 g/mol. The van der Waals surface area contributed by atoms with Gasteiger partial charge in [0, 0.05) is 24.3 Å². The van der Waals surface area contributed by atoms with Crippen LogP contribution in [-0.4, -0.2) is 31.2 Å². The first kappa shape index (κ1) is 21.3. The van der Waals surface area contributed by atoms with E-state index in [-0.39, 0.29) is 22.1 Å². The van der Waals surface area contributed by atoms with Gasteiger partial charge in [-0.15, -0.1) is 0 Å². The molecule has 7 nitrogen and oxygen atoms in total. The number of fused-ring (bicyclic) bond motifs is 1. The van der Waals surface area contributed by atoms with Crippen LogP contribution >= 0.6 is 0 Å². The van der Waals surface area contributed by atoms with Crippen molar-refractivity contribution in [1.82, 2.24) is 4.31 Å². The Hall–Kier alpha value is -2.97. The number of carbonyl (C=O) groups excluding carboxylic acids is 1. The smallest absolute Gasteiger partial charge is 0.291 e. The van der Waals surface area contributed by atoms with Crippen molar-refractivity contribution in [1.29, 1.82) is 0 Å². The lowest BCUT2D eigenvalue weighted by Crippen LogP contribution is -2.41. The second-order valence-electron chi connectivity index (χ2n) is 7.91. The highest BCUT2D eigenvalue weighted by molar-refractivity contribution is 7.89. The average molecular weight is 441 g/mol. The number of sulfonamides is 1. The number of amides is 1. The van der Waals surface area contributed by atoms with Crippen molar-refractivity contribution >= 4 is 32.6 Å². The second-order valence-corrected chi connectivity index (χ2v) is 9.80. The molecule has 0 radical (unpaired) electrons. The zero-order valence-electron chi connectivity index (χ0n) is 17.4. The summed E-state index contributed by atoms with van der Waals surface area (Å²) >= 11 is 0. The number of nitrogens with zero attached hydrogens (tertiary/aromatic N) is 1. The van der Waals surface area contributed by atoms with E-state index >= 15 is 0 Å². The maximum atomic E-state index is 12.9. The highest BCUT2D eigenvalue weighted by Gasteiger charge is 2.30. The summed E-state index contributed by atoms with van der Waals surface area (Å²) in [6, 6.07) is 12.3. The van der Waals surface area contributed by atoms with Gasteiger partial charge in [-0.25, -0.2) is 8.42 Å². The minimum atomic E-state index is -3.58. The molecule has 1 N–H and O–H groups in total. The number of benzene rings is 2. The van der Waals surface area contributed by atoms with E-state index in [4.69, 9.17) is 4.42 Å². The summed E-state index contributed by atoms with van der Waals surface area (Å²) in [5, 5.41) is 3.06. The van der Waals surface area contributed by atoms with Gasteiger partial charge in [0.15, 0.2) is 11.2 Å². The molecule has 1 amide bonds. The first-order valence-electron chi connectivity index (χ1n) is 10.2. The predicted molar refractivity (Wildman–Crippen MR) is 119 cm³/mol. The van der Waals surface area contributed by atoms with Gasteiger partial charge in [0.2, 0.25) is 10.0 Å². The van der Waals surface area contributed by atoms with Gasteiger partial charge in [-0.05, 0) is 63.1 Å². The molecule has 162 valence electrons. The summed E-state index contributed by atoms with van der Waals surface area (Å²) in [4.78, 5) is 25.1. The molecule has 0 unspecified atom stereocenters. The zero-order chi connectivity index (χ0) is 22.2. The summed E-state index contributed by atoms with van der Waals surface area (Å²) in [6.07, 6.45) is 2.74. The number of carbonyl (C=O) groups is 1. The average Bonchev–Trinajstić information content (AvgIpc) is 2.74. The standard InChI is InChI=1S/C23H24N2O5S/c1-15-6-11-21-19(13-15)20(26)14-22(30-21)23(27)24-17-7-9-18(10-8-17)31(28,29)25-12-4-3-5-16(25)2/h6-11,13-14,16H,3-5,12H2,1-2H3,(H,24,27)/t16-/m1/s1. The van der Waals surface area contributed by atoms with Crippen molar-refractivity contribution in [2.45, 2.75) is 44.0 Å². The molecular formula is C23H24N2O5S. The van der Waals surface area contributed by atoms with Gasteiger partial charge in [0.1, 0.15) is 5.58 Å². The minimum absolute atomic E-state index is 0.0299. The molecule has 2 aromatic carbocycles. The number of anilines is 1. The summed E-state index contributed by atoms with van der Waals surface area (Å²) in [5.74, 6) is -0.694. The van der Waals surface area contributed by atoms with Crippen LogP contribution in [0, 0.1) is 6.92 Å². The van der Waals surface area contributed by atoms with Crippen molar-refractivity contribution in [3.8, 4) is 0 Å². The Labute approximate surface area is 180 Å². The maximum Gasteiger partial charge on any atom is 0.291 e. The fourth-order valence-corrected chi connectivity index (χ4v) is 5.55. The Bertz CT molecular complexity index is 1300. The number of piperidine rings is 1. The van der Waals surface area contributed by atoms with Crippen LogP contribution in [0.25, 0.3) is 11.0 Å². The van der Waals surface area contributed by atoms with Crippen molar-refractivity contribution in [3.05, 3.63) is 70.1 Å². The van der Waals surface area contributed by atoms with Gasteiger partial charge >= 0.3 is 0 Å². The SMILES string of the molecule is Cc1ccc2oc(C(=O)Nc3ccc(S(=O)(=O)N4CCCC[C@H]4C)cc3)cc(=O)c2c1. The summed E-state index contributed by atoms with van der Waals surface area (Å²) in [6.45, 7) is 4.31. The normalized spacial score (nSPS) is 17.5. The Morgan fingerprint density at radius 3 is 2.55 bits per heavy atom. The molecule has 0 saturated carbocycles. The lowest BCUT2D eigenvalue weighted by Gasteiger charge is -2.32.